The van der Waals surface area contributed by atoms with Gasteiger partial charge in [-0.25, -0.2) is 0 Å². The van der Waals surface area contributed by atoms with Gasteiger partial charge in [-0.05, 0) is 51.4 Å². The van der Waals surface area contributed by atoms with E-state index in [1.165, 1.54) is 58.2 Å². The van der Waals surface area contributed by atoms with Crippen molar-refractivity contribution in [1.82, 2.24) is 10.2 Å². The number of hydrogen-bond donors (Lipinski definition) is 1. The number of rotatable bonds is 4. The van der Waals surface area contributed by atoms with E-state index in [0.717, 1.165) is 0 Å². The Morgan fingerprint density at radius 2 is 1.53 bits per heavy atom. The lowest BCUT2D eigenvalue weighted by Crippen LogP contribution is -2.41. The topological polar surface area (TPSA) is 15.3 Å². The molecule has 0 aromatic carbocycles. The van der Waals surface area contributed by atoms with E-state index >= 15 is 0 Å². The molecule has 17 heavy (non-hydrogen) atoms. The minimum Gasteiger partial charge on any atom is -0.316 e. The Labute approximate surface area is 108 Å². The third-order valence-electron chi connectivity index (χ3n) is 4.08. The molecule has 1 atom stereocenters. The van der Waals surface area contributed by atoms with Crippen LogP contribution in [0.4, 0.5) is 0 Å². The predicted molar refractivity (Wildman–Crippen MR) is 76.4 cm³/mol. The third kappa shape index (κ3) is 5.87. The van der Waals surface area contributed by atoms with Gasteiger partial charge in [-0.15, -0.1) is 0 Å². The minimum absolute atomic E-state index is 0.373. The molecule has 1 aliphatic heterocycles. The van der Waals surface area contributed by atoms with E-state index in [4.69, 9.17) is 0 Å². The van der Waals surface area contributed by atoms with Crippen LogP contribution in [0.3, 0.4) is 0 Å². The van der Waals surface area contributed by atoms with E-state index in [9.17, 15) is 0 Å². The van der Waals surface area contributed by atoms with E-state index < -0.39 is 0 Å². The maximum absolute atomic E-state index is 3.48. The molecule has 0 saturated carbocycles. The SMILES string of the molecule is CNC(CCN1CCCCCCC1)C(C)(C)C. The molecule has 1 heterocycles. The normalized spacial score (nSPS) is 21.9. The zero-order valence-corrected chi connectivity index (χ0v) is 12.4. The second-order valence-corrected chi connectivity index (χ2v) is 6.61. The van der Waals surface area contributed by atoms with Crippen LogP contribution in [0.2, 0.25) is 0 Å². The summed E-state index contributed by atoms with van der Waals surface area (Å²) in [6, 6.07) is 0.632. The van der Waals surface area contributed by atoms with Crippen LogP contribution in [0, 0.1) is 5.41 Å². The molecule has 102 valence electrons. The highest BCUT2D eigenvalue weighted by molar-refractivity contribution is 4.80. The Kier molecular flexibility index (Phi) is 6.50. The van der Waals surface area contributed by atoms with E-state index in [1.807, 2.05) is 0 Å². The summed E-state index contributed by atoms with van der Waals surface area (Å²) in [6.07, 6.45) is 8.41. The van der Waals surface area contributed by atoms with Crippen molar-refractivity contribution in [3.05, 3.63) is 0 Å². The van der Waals surface area contributed by atoms with Crippen LogP contribution >= 0.6 is 0 Å². The van der Waals surface area contributed by atoms with Gasteiger partial charge in [-0.3, -0.25) is 0 Å². The Bertz CT molecular complexity index is 188. The second-order valence-electron chi connectivity index (χ2n) is 6.61. The first-order valence-electron chi connectivity index (χ1n) is 7.43. The average Bonchev–Trinajstić information content (AvgIpc) is 2.19. The summed E-state index contributed by atoms with van der Waals surface area (Å²) < 4.78 is 0. The van der Waals surface area contributed by atoms with E-state index in [-0.39, 0.29) is 0 Å². The largest absolute Gasteiger partial charge is 0.316 e. The van der Waals surface area contributed by atoms with E-state index in [0.29, 0.717) is 11.5 Å². The zero-order chi connectivity index (χ0) is 12.7. The zero-order valence-electron chi connectivity index (χ0n) is 12.4. The Hall–Kier alpha value is -0.0800. The van der Waals surface area contributed by atoms with Crippen molar-refractivity contribution in [2.75, 3.05) is 26.7 Å². The number of nitrogens with one attached hydrogen (secondary N) is 1. The van der Waals surface area contributed by atoms with Crippen molar-refractivity contribution < 1.29 is 0 Å². The van der Waals surface area contributed by atoms with Gasteiger partial charge in [0.15, 0.2) is 0 Å². The monoisotopic (exact) mass is 240 g/mol. The number of nitrogens with zero attached hydrogens (tertiary/aromatic N) is 1. The molecule has 0 aliphatic carbocycles. The Balaban J connectivity index is 2.31. The quantitative estimate of drug-likeness (QED) is 0.811. The fourth-order valence-electron chi connectivity index (χ4n) is 2.86. The first-order valence-corrected chi connectivity index (χ1v) is 7.43. The molecule has 1 unspecified atom stereocenters. The summed E-state index contributed by atoms with van der Waals surface area (Å²) in [6.45, 7) is 10.9. The van der Waals surface area contributed by atoms with Crippen molar-refractivity contribution in [2.24, 2.45) is 5.41 Å². The van der Waals surface area contributed by atoms with E-state index in [1.54, 1.807) is 0 Å². The van der Waals surface area contributed by atoms with Crippen LogP contribution in [-0.2, 0) is 0 Å². The van der Waals surface area contributed by atoms with Gasteiger partial charge in [0.25, 0.3) is 0 Å². The van der Waals surface area contributed by atoms with Crippen molar-refractivity contribution in [2.45, 2.75) is 65.3 Å². The first-order chi connectivity index (χ1) is 8.04. The number of hydrogen-bond acceptors (Lipinski definition) is 2. The predicted octanol–water partition coefficient (Wildman–Crippen LogP) is 3.28. The standard InChI is InChI=1S/C15H32N2/c1-15(2,3)14(16-4)10-13-17-11-8-6-5-7-9-12-17/h14,16H,5-13H2,1-4H3. The molecule has 2 heteroatoms. The van der Waals surface area contributed by atoms with Gasteiger partial charge in [0, 0.05) is 6.04 Å². The molecule has 1 rings (SSSR count). The molecule has 0 aromatic heterocycles. The Morgan fingerprint density at radius 3 is 2.00 bits per heavy atom. The van der Waals surface area contributed by atoms with Crippen LogP contribution in [0.1, 0.15) is 59.3 Å². The molecule has 0 radical (unpaired) electrons. The van der Waals surface area contributed by atoms with Gasteiger partial charge >= 0.3 is 0 Å². The van der Waals surface area contributed by atoms with Gasteiger partial charge < -0.3 is 10.2 Å². The first kappa shape index (κ1) is 15.0. The summed E-state index contributed by atoms with van der Waals surface area (Å²) >= 11 is 0. The maximum atomic E-state index is 3.48. The number of likely N-dealkylation sites (tertiary alicyclic amines) is 1. The highest BCUT2D eigenvalue weighted by atomic mass is 15.1. The molecule has 1 fully saturated rings. The minimum atomic E-state index is 0.373. The van der Waals surface area contributed by atoms with Crippen LogP contribution < -0.4 is 5.32 Å². The maximum Gasteiger partial charge on any atom is 0.0125 e. The van der Waals surface area contributed by atoms with Crippen LogP contribution in [0.25, 0.3) is 0 Å². The highest BCUT2D eigenvalue weighted by Gasteiger charge is 2.23. The molecular weight excluding hydrogens is 208 g/mol. The Morgan fingerprint density at radius 1 is 1.00 bits per heavy atom. The summed E-state index contributed by atoms with van der Waals surface area (Å²) in [4.78, 5) is 2.68. The molecular formula is C15H32N2. The lowest BCUT2D eigenvalue weighted by atomic mass is 9.85. The molecule has 1 saturated heterocycles. The summed E-state index contributed by atoms with van der Waals surface area (Å²) in [5.74, 6) is 0. The molecule has 0 amide bonds. The summed E-state index contributed by atoms with van der Waals surface area (Å²) in [5, 5.41) is 3.48. The fraction of sp³-hybridized carbons (Fsp3) is 1.00. The molecule has 0 aromatic rings. The van der Waals surface area contributed by atoms with Gasteiger partial charge in [0.2, 0.25) is 0 Å². The smallest absolute Gasteiger partial charge is 0.0125 e. The van der Waals surface area contributed by atoms with Crippen LogP contribution in [0.5, 0.6) is 0 Å². The van der Waals surface area contributed by atoms with Crippen LogP contribution in [-0.4, -0.2) is 37.6 Å². The second kappa shape index (κ2) is 7.38. The summed E-state index contributed by atoms with van der Waals surface area (Å²) in [7, 11) is 2.10. The third-order valence-corrected chi connectivity index (χ3v) is 4.08. The fourth-order valence-corrected chi connectivity index (χ4v) is 2.86. The summed E-state index contributed by atoms with van der Waals surface area (Å²) in [5.41, 5.74) is 0.373. The molecule has 0 spiro atoms. The van der Waals surface area contributed by atoms with Crippen molar-refractivity contribution in [1.29, 1.82) is 0 Å². The van der Waals surface area contributed by atoms with Crippen molar-refractivity contribution in [3.8, 4) is 0 Å². The lowest BCUT2D eigenvalue weighted by molar-refractivity contribution is 0.199. The molecule has 1 N–H and O–H groups in total. The van der Waals surface area contributed by atoms with Gasteiger partial charge in [-0.1, -0.05) is 40.0 Å². The molecule has 0 bridgehead atoms. The van der Waals surface area contributed by atoms with Crippen molar-refractivity contribution >= 4 is 0 Å². The van der Waals surface area contributed by atoms with Crippen LogP contribution in [0.15, 0.2) is 0 Å². The average molecular weight is 240 g/mol. The van der Waals surface area contributed by atoms with Gasteiger partial charge in [0.1, 0.15) is 0 Å². The molecule has 1 aliphatic rings. The van der Waals surface area contributed by atoms with Gasteiger partial charge in [-0.2, -0.15) is 0 Å². The van der Waals surface area contributed by atoms with Crippen molar-refractivity contribution in [3.63, 3.8) is 0 Å². The lowest BCUT2D eigenvalue weighted by Gasteiger charge is -2.33. The van der Waals surface area contributed by atoms with Gasteiger partial charge in [0.05, 0.1) is 0 Å². The molecule has 2 nitrogen and oxygen atoms in total. The highest BCUT2D eigenvalue weighted by Crippen LogP contribution is 2.22. The van der Waals surface area contributed by atoms with E-state index in [2.05, 4.69) is 38.0 Å².